The van der Waals surface area contributed by atoms with Gasteiger partial charge < -0.3 is 0 Å². The smallest absolute Gasteiger partial charge is 0.265 e. The lowest BCUT2D eigenvalue weighted by atomic mass is 10.0. The van der Waals surface area contributed by atoms with Gasteiger partial charge in [-0.05, 0) is 49.1 Å². The SMILES string of the molecule is CC[C@@H](C)n1cnc2c(c1=O)c1nc3ccccc3nc1n2-c1ccc(C(C)C)cc1. The zero-order valence-corrected chi connectivity index (χ0v) is 18.2. The molecule has 3 aromatic heterocycles. The third-order valence-corrected chi connectivity index (χ3v) is 6.07. The first kappa shape index (κ1) is 19.4. The molecule has 0 saturated carbocycles. The van der Waals surface area contributed by atoms with E-state index in [1.54, 1.807) is 10.9 Å². The Morgan fingerprint density at radius 2 is 1.58 bits per heavy atom. The molecule has 31 heavy (non-hydrogen) atoms. The maximum Gasteiger partial charge on any atom is 0.265 e. The second kappa shape index (κ2) is 7.30. The van der Waals surface area contributed by atoms with Crippen LogP contribution in [0.15, 0.2) is 59.7 Å². The van der Waals surface area contributed by atoms with Crippen molar-refractivity contribution in [2.24, 2.45) is 0 Å². The maximum atomic E-state index is 13.5. The Hall–Kier alpha value is -3.54. The van der Waals surface area contributed by atoms with Gasteiger partial charge in [-0.3, -0.25) is 13.9 Å². The fraction of sp³-hybridized carbons (Fsp3) is 0.280. The molecule has 0 radical (unpaired) electrons. The topological polar surface area (TPSA) is 65.6 Å². The Morgan fingerprint density at radius 3 is 2.23 bits per heavy atom. The molecule has 0 aliphatic heterocycles. The van der Waals surface area contributed by atoms with E-state index in [1.807, 2.05) is 35.8 Å². The van der Waals surface area contributed by atoms with Crippen molar-refractivity contribution in [3.8, 4) is 5.69 Å². The van der Waals surface area contributed by atoms with Crippen molar-refractivity contribution in [2.45, 2.75) is 46.1 Å². The van der Waals surface area contributed by atoms with Crippen LogP contribution in [0.2, 0.25) is 0 Å². The van der Waals surface area contributed by atoms with Crippen molar-refractivity contribution in [1.29, 1.82) is 0 Å². The molecule has 156 valence electrons. The van der Waals surface area contributed by atoms with E-state index in [4.69, 9.17) is 15.0 Å². The standard InChI is InChI=1S/C25H25N5O/c1-5-16(4)29-14-26-23-21(25(29)31)22-24(28-20-9-7-6-8-19(20)27-22)30(23)18-12-10-17(11-13-18)15(2)3/h6-16H,5H2,1-4H3/t16-/m1/s1. The van der Waals surface area contributed by atoms with Gasteiger partial charge in [0.05, 0.1) is 11.0 Å². The minimum absolute atomic E-state index is 0.0570. The summed E-state index contributed by atoms with van der Waals surface area (Å²) in [6, 6.07) is 16.2. The molecule has 6 heteroatoms. The molecule has 5 rings (SSSR count). The minimum atomic E-state index is -0.0773. The number of nitrogens with zero attached hydrogens (tertiary/aromatic N) is 5. The quantitative estimate of drug-likeness (QED) is 0.398. The van der Waals surface area contributed by atoms with Crippen LogP contribution in [0.1, 0.15) is 51.6 Å². The van der Waals surface area contributed by atoms with Crippen LogP contribution in [-0.4, -0.2) is 24.1 Å². The van der Waals surface area contributed by atoms with Gasteiger partial charge in [-0.1, -0.05) is 45.0 Å². The van der Waals surface area contributed by atoms with Gasteiger partial charge in [-0.2, -0.15) is 0 Å². The summed E-state index contributed by atoms with van der Waals surface area (Å²) >= 11 is 0. The first-order chi connectivity index (χ1) is 15.0. The first-order valence-corrected chi connectivity index (χ1v) is 10.8. The largest absolute Gasteiger partial charge is 0.296 e. The Kier molecular flexibility index (Phi) is 4.58. The van der Waals surface area contributed by atoms with Gasteiger partial charge >= 0.3 is 0 Å². The highest BCUT2D eigenvalue weighted by atomic mass is 16.1. The van der Waals surface area contributed by atoms with Gasteiger partial charge in [0, 0.05) is 11.7 Å². The van der Waals surface area contributed by atoms with E-state index in [0.29, 0.717) is 28.1 Å². The van der Waals surface area contributed by atoms with Crippen molar-refractivity contribution in [1.82, 2.24) is 24.1 Å². The predicted octanol–water partition coefficient (Wildman–Crippen LogP) is 5.38. The summed E-state index contributed by atoms with van der Waals surface area (Å²) in [5.74, 6) is 0.441. The molecular formula is C25H25N5O. The molecule has 0 N–H and O–H groups in total. The Labute approximate surface area is 180 Å². The normalized spacial score (nSPS) is 12.9. The average molecular weight is 412 g/mol. The van der Waals surface area contributed by atoms with E-state index >= 15 is 0 Å². The molecule has 0 spiro atoms. The average Bonchev–Trinajstić information content (AvgIpc) is 3.11. The molecule has 0 amide bonds. The second-order valence-corrected chi connectivity index (χ2v) is 8.38. The van der Waals surface area contributed by atoms with E-state index in [0.717, 1.165) is 23.1 Å². The van der Waals surface area contributed by atoms with Crippen molar-refractivity contribution in [2.75, 3.05) is 0 Å². The highest BCUT2D eigenvalue weighted by molar-refractivity contribution is 6.05. The number of aromatic nitrogens is 5. The summed E-state index contributed by atoms with van der Waals surface area (Å²) in [4.78, 5) is 28.0. The molecule has 0 unspecified atom stereocenters. The van der Waals surface area contributed by atoms with Crippen molar-refractivity contribution < 1.29 is 0 Å². The summed E-state index contributed by atoms with van der Waals surface area (Å²) in [5, 5.41) is 0.518. The third kappa shape index (κ3) is 3.02. The summed E-state index contributed by atoms with van der Waals surface area (Å²) < 4.78 is 3.65. The Morgan fingerprint density at radius 1 is 0.903 bits per heavy atom. The number of hydrogen-bond donors (Lipinski definition) is 0. The van der Waals surface area contributed by atoms with E-state index < -0.39 is 0 Å². The monoisotopic (exact) mass is 411 g/mol. The van der Waals surface area contributed by atoms with Crippen LogP contribution in [0.5, 0.6) is 0 Å². The fourth-order valence-electron chi connectivity index (χ4n) is 4.01. The predicted molar refractivity (Wildman–Crippen MR) is 125 cm³/mol. The molecule has 0 saturated heterocycles. The van der Waals surface area contributed by atoms with Crippen LogP contribution in [0.4, 0.5) is 0 Å². The number of benzene rings is 2. The van der Waals surface area contributed by atoms with E-state index in [-0.39, 0.29) is 11.6 Å². The molecule has 0 fully saturated rings. The molecule has 0 aliphatic carbocycles. The zero-order chi connectivity index (χ0) is 21.7. The van der Waals surface area contributed by atoms with Gasteiger partial charge in [-0.25, -0.2) is 15.0 Å². The highest BCUT2D eigenvalue weighted by Gasteiger charge is 2.21. The summed E-state index contributed by atoms with van der Waals surface area (Å²) in [5.41, 5.74) is 5.49. The van der Waals surface area contributed by atoms with E-state index in [9.17, 15) is 4.79 Å². The van der Waals surface area contributed by atoms with Crippen molar-refractivity contribution in [3.05, 3.63) is 70.8 Å². The summed E-state index contributed by atoms with van der Waals surface area (Å²) in [7, 11) is 0. The number of hydrogen-bond acceptors (Lipinski definition) is 4. The van der Waals surface area contributed by atoms with Gasteiger partial charge in [-0.15, -0.1) is 0 Å². The molecule has 5 aromatic rings. The molecule has 2 aromatic carbocycles. The van der Waals surface area contributed by atoms with Crippen LogP contribution < -0.4 is 5.56 Å². The van der Waals surface area contributed by atoms with Crippen LogP contribution in [0.25, 0.3) is 38.9 Å². The number of rotatable bonds is 4. The molecule has 0 aliphatic rings. The molecule has 3 heterocycles. The highest BCUT2D eigenvalue weighted by Crippen LogP contribution is 2.29. The van der Waals surface area contributed by atoms with Gasteiger partial charge in [0.15, 0.2) is 11.3 Å². The zero-order valence-electron chi connectivity index (χ0n) is 18.2. The van der Waals surface area contributed by atoms with Gasteiger partial charge in [0.25, 0.3) is 5.56 Å². The fourth-order valence-corrected chi connectivity index (χ4v) is 4.01. The lowest BCUT2D eigenvalue weighted by molar-refractivity contribution is 0.510. The van der Waals surface area contributed by atoms with Crippen LogP contribution in [0, 0.1) is 0 Å². The molecule has 0 bridgehead atoms. The van der Waals surface area contributed by atoms with E-state index in [2.05, 4.69) is 45.0 Å². The molecule has 6 nitrogen and oxygen atoms in total. The van der Waals surface area contributed by atoms with Gasteiger partial charge in [0.1, 0.15) is 17.2 Å². The lowest BCUT2D eigenvalue weighted by Crippen LogP contribution is -2.23. The first-order valence-electron chi connectivity index (χ1n) is 10.8. The second-order valence-electron chi connectivity index (χ2n) is 8.38. The minimum Gasteiger partial charge on any atom is -0.296 e. The summed E-state index contributed by atoms with van der Waals surface area (Å²) in [6.45, 7) is 8.44. The van der Waals surface area contributed by atoms with Gasteiger partial charge in [0.2, 0.25) is 0 Å². The number of para-hydroxylation sites is 2. The van der Waals surface area contributed by atoms with Crippen molar-refractivity contribution in [3.63, 3.8) is 0 Å². The van der Waals surface area contributed by atoms with Crippen LogP contribution in [0.3, 0.4) is 0 Å². The summed E-state index contributed by atoms with van der Waals surface area (Å²) in [6.07, 6.45) is 2.49. The molecular weight excluding hydrogens is 386 g/mol. The third-order valence-electron chi connectivity index (χ3n) is 6.07. The van der Waals surface area contributed by atoms with Crippen LogP contribution >= 0.6 is 0 Å². The van der Waals surface area contributed by atoms with E-state index in [1.165, 1.54) is 5.56 Å². The Bertz CT molecular complexity index is 1480. The molecule has 1 atom stereocenters. The lowest BCUT2D eigenvalue weighted by Gasteiger charge is -2.12. The Balaban J connectivity index is 1.91. The van der Waals surface area contributed by atoms with Crippen molar-refractivity contribution >= 4 is 33.2 Å². The maximum absolute atomic E-state index is 13.5. The van der Waals surface area contributed by atoms with Crippen LogP contribution in [-0.2, 0) is 0 Å². The number of fused-ring (bicyclic) bond motifs is 4.